The van der Waals surface area contributed by atoms with E-state index in [0.29, 0.717) is 10.6 Å². The highest BCUT2D eigenvalue weighted by molar-refractivity contribution is 6.31. The second-order valence-electron chi connectivity index (χ2n) is 4.02. The highest BCUT2D eigenvalue weighted by Gasteiger charge is 2.14. The number of nitro benzene ring substituents is 1. The van der Waals surface area contributed by atoms with Crippen LogP contribution in [-0.2, 0) is 6.54 Å². The predicted molar refractivity (Wildman–Crippen MR) is 73.5 cm³/mol. The van der Waals surface area contributed by atoms with Crippen LogP contribution in [0.4, 0.5) is 15.8 Å². The van der Waals surface area contributed by atoms with Crippen molar-refractivity contribution in [3.8, 4) is 5.75 Å². The van der Waals surface area contributed by atoms with Crippen molar-refractivity contribution in [2.45, 2.75) is 6.54 Å². The normalized spacial score (nSPS) is 10.3. The van der Waals surface area contributed by atoms with E-state index in [1.54, 1.807) is 0 Å². The Morgan fingerprint density at radius 2 is 2.10 bits per heavy atom. The van der Waals surface area contributed by atoms with Crippen LogP contribution < -0.4 is 5.32 Å². The third-order valence-corrected chi connectivity index (χ3v) is 2.93. The molecule has 5 nitrogen and oxygen atoms in total. The van der Waals surface area contributed by atoms with Gasteiger partial charge in [-0.3, -0.25) is 10.1 Å². The van der Waals surface area contributed by atoms with Gasteiger partial charge in [-0.1, -0.05) is 23.7 Å². The van der Waals surface area contributed by atoms with Crippen LogP contribution in [-0.4, -0.2) is 10.0 Å². The van der Waals surface area contributed by atoms with Crippen molar-refractivity contribution in [1.82, 2.24) is 0 Å². The van der Waals surface area contributed by atoms with Crippen molar-refractivity contribution in [2.75, 3.05) is 5.32 Å². The highest BCUT2D eigenvalue weighted by atomic mass is 35.5. The van der Waals surface area contributed by atoms with Crippen LogP contribution in [0.2, 0.25) is 5.02 Å². The van der Waals surface area contributed by atoms with Gasteiger partial charge in [0.05, 0.1) is 4.92 Å². The van der Waals surface area contributed by atoms with Gasteiger partial charge in [-0.05, 0) is 18.2 Å². The van der Waals surface area contributed by atoms with Gasteiger partial charge in [-0.25, -0.2) is 4.39 Å². The molecule has 0 saturated carbocycles. The molecule has 0 aliphatic heterocycles. The van der Waals surface area contributed by atoms with Gasteiger partial charge >= 0.3 is 0 Å². The van der Waals surface area contributed by atoms with Crippen LogP contribution in [0.5, 0.6) is 5.75 Å². The van der Waals surface area contributed by atoms with Crippen LogP contribution >= 0.6 is 11.6 Å². The standard InChI is InChI=1S/C13H10ClFN2O3/c14-9-4-5-12(17(19)20)11(6-9)16-7-8-2-1-3-10(15)13(8)18/h1-6,16,18H,7H2. The number of para-hydroxylation sites is 1. The van der Waals surface area contributed by atoms with Crippen LogP contribution in [0, 0.1) is 15.9 Å². The lowest BCUT2D eigenvalue weighted by Crippen LogP contribution is -2.03. The number of phenolic OH excluding ortho intramolecular Hbond substituents is 1. The van der Waals surface area contributed by atoms with Crippen LogP contribution in [0.3, 0.4) is 0 Å². The molecule has 0 aliphatic rings. The number of benzene rings is 2. The number of nitrogens with one attached hydrogen (secondary N) is 1. The molecule has 0 atom stereocenters. The maximum absolute atomic E-state index is 13.2. The van der Waals surface area contributed by atoms with Crippen molar-refractivity contribution in [2.24, 2.45) is 0 Å². The first kappa shape index (κ1) is 14.1. The molecule has 104 valence electrons. The molecule has 0 unspecified atom stereocenters. The number of phenols is 1. The summed E-state index contributed by atoms with van der Waals surface area (Å²) in [5, 5.41) is 23.5. The number of nitro groups is 1. The van der Waals surface area contributed by atoms with Gasteiger partial charge in [0, 0.05) is 23.2 Å². The third kappa shape index (κ3) is 2.97. The van der Waals surface area contributed by atoms with Gasteiger partial charge in [-0.15, -0.1) is 0 Å². The number of halogens is 2. The van der Waals surface area contributed by atoms with Crippen molar-refractivity contribution in [1.29, 1.82) is 0 Å². The predicted octanol–water partition coefficient (Wildman–Crippen LogP) is 3.71. The average molecular weight is 297 g/mol. The van der Waals surface area contributed by atoms with Gasteiger partial charge in [0.25, 0.3) is 5.69 Å². The Hall–Kier alpha value is -2.34. The fourth-order valence-corrected chi connectivity index (χ4v) is 1.87. The van der Waals surface area contributed by atoms with Gasteiger partial charge in [0.2, 0.25) is 0 Å². The first-order chi connectivity index (χ1) is 9.49. The SMILES string of the molecule is O=[N+]([O-])c1ccc(Cl)cc1NCc1cccc(F)c1O. The monoisotopic (exact) mass is 296 g/mol. The zero-order valence-corrected chi connectivity index (χ0v) is 10.9. The van der Waals surface area contributed by atoms with Crippen LogP contribution in [0.25, 0.3) is 0 Å². The summed E-state index contributed by atoms with van der Waals surface area (Å²) < 4.78 is 13.2. The number of nitrogens with zero attached hydrogens (tertiary/aromatic N) is 1. The molecular formula is C13H10ClFN2O3. The maximum atomic E-state index is 13.2. The van der Waals surface area contributed by atoms with E-state index >= 15 is 0 Å². The summed E-state index contributed by atoms with van der Waals surface area (Å²) in [6, 6.07) is 8.16. The number of anilines is 1. The smallest absolute Gasteiger partial charge is 0.292 e. The molecule has 20 heavy (non-hydrogen) atoms. The van der Waals surface area contributed by atoms with Crippen molar-refractivity contribution in [3.63, 3.8) is 0 Å². The highest BCUT2D eigenvalue weighted by Crippen LogP contribution is 2.29. The Kier molecular flexibility index (Phi) is 4.05. The molecule has 0 fully saturated rings. The number of aromatic hydroxyl groups is 1. The van der Waals surface area contributed by atoms with E-state index in [2.05, 4.69) is 5.32 Å². The molecule has 2 aromatic carbocycles. The topological polar surface area (TPSA) is 75.4 Å². The minimum Gasteiger partial charge on any atom is -0.505 e. The van der Waals surface area contributed by atoms with Crippen molar-refractivity contribution >= 4 is 23.0 Å². The molecule has 0 saturated heterocycles. The number of rotatable bonds is 4. The molecule has 0 heterocycles. The minimum atomic E-state index is -0.745. The zero-order valence-electron chi connectivity index (χ0n) is 10.1. The second kappa shape index (κ2) is 5.75. The van der Waals surface area contributed by atoms with E-state index in [1.165, 1.54) is 30.3 Å². The molecule has 0 aromatic heterocycles. The lowest BCUT2D eigenvalue weighted by atomic mass is 10.2. The average Bonchev–Trinajstić information content (AvgIpc) is 2.40. The summed E-state index contributed by atoms with van der Waals surface area (Å²) in [4.78, 5) is 10.3. The largest absolute Gasteiger partial charge is 0.505 e. The summed E-state index contributed by atoms with van der Waals surface area (Å²) >= 11 is 5.79. The van der Waals surface area contributed by atoms with Gasteiger partial charge in [0.15, 0.2) is 11.6 Å². The molecule has 0 amide bonds. The van der Waals surface area contributed by atoms with E-state index in [-0.39, 0.29) is 17.9 Å². The summed E-state index contributed by atoms with van der Waals surface area (Å²) in [5.74, 6) is -1.23. The van der Waals surface area contributed by atoms with Crippen molar-refractivity contribution < 1.29 is 14.4 Å². The molecule has 0 bridgehead atoms. The fraction of sp³-hybridized carbons (Fsp3) is 0.0769. The molecule has 0 radical (unpaired) electrons. The first-order valence-electron chi connectivity index (χ1n) is 5.63. The summed E-state index contributed by atoms with van der Waals surface area (Å²) in [7, 11) is 0. The Balaban J connectivity index is 2.24. The van der Waals surface area contributed by atoms with E-state index in [9.17, 15) is 19.6 Å². The number of hydrogen-bond donors (Lipinski definition) is 2. The molecular weight excluding hydrogens is 287 g/mol. The Morgan fingerprint density at radius 1 is 1.35 bits per heavy atom. The van der Waals surface area contributed by atoms with E-state index in [4.69, 9.17) is 11.6 Å². The zero-order chi connectivity index (χ0) is 14.7. The van der Waals surface area contributed by atoms with Gasteiger partial charge in [0.1, 0.15) is 5.69 Å². The van der Waals surface area contributed by atoms with Crippen molar-refractivity contribution in [3.05, 3.63) is 62.9 Å². The van der Waals surface area contributed by atoms with E-state index < -0.39 is 16.5 Å². The lowest BCUT2D eigenvalue weighted by molar-refractivity contribution is -0.384. The van der Waals surface area contributed by atoms with Gasteiger partial charge in [-0.2, -0.15) is 0 Å². The van der Waals surface area contributed by atoms with Crippen LogP contribution in [0.15, 0.2) is 36.4 Å². The van der Waals surface area contributed by atoms with E-state index in [0.717, 1.165) is 6.07 Å². The fourth-order valence-electron chi connectivity index (χ4n) is 1.70. The molecule has 2 N–H and O–H groups in total. The maximum Gasteiger partial charge on any atom is 0.292 e. The Labute approximate surface area is 118 Å². The molecule has 2 aromatic rings. The van der Waals surface area contributed by atoms with Gasteiger partial charge < -0.3 is 10.4 Å². The lowest BCUT2D eigenvalue weighted by Gasteiger charge is -2.09. The quantitative estimate of drug-likeness (QED) is 0.666. The number of hydrogen-bond acceptors (Lipinski definition) is 4. The Bertz CT molecular complexity index is 664. The molecule has 0 aliphatic carbocycles. The molecule has 0 spiro atoms. The Morgan fingerprint density at radius 3 is 2.80 bits per heavy atom. The van der Waals surface area contributed by atoms with Crippen LogP contribution in [0.1, 0.15) is 5.56 Å². The second-order valence-corrected chi connectivity index (χ2v) is 4.46. The summed E-state index contributed by atoms with van der Waals surface area (Å²) in [6.07, 6.45) is 0. The first-order valence-corrected chi connectivity index (χ1v) is 6.01. The molecule has 7 heteroatoms. The summed E-state index contributed by atoms with van der Waals surface area (Å²) in [5.41, 5.74) is 0.343. The molecule has 2 rings (SSSR count). The minimum absolute atomic E-state index is 0.0325. The summed E-state index contributed by atoms with van der Waals surface area (Å²) in [6.45, 7) is 0.0325. The van der Waals surface area contributed by atoms with E-state index in [1.807, 2.05) is 0 Å². The third-order valence-electron chi connectivity index (χ3n) is 2.69.